The predicted molar refractivity (Wildman–Crippen MR) is 100 cm³/mol. The molecule has 2 aromatic rings. The number of likely N-dealkylation sites (tertiary alicyclic amines) is 1. The fourth-order valence-electron chi connectivity index (χ4n) is 4.14. The number of hydrogen-bond donors (Lipinski definition) is 2. The molecule has 0 bridgehead atoms. The van der Waals surface area contributed by atoms with E-state index < -0.39 is 0 Å². The second-order valence-electron chi connectivity index (χ2n) is 7.49. The van der Waals surface area contributed by atoms with Crippen LogP contribution in [0.5, 0.6) is 0 Å². The number of benzene rings is 1. The maximum atomic E-state index is 12.0. The van der Waals surface area contributed by atoms with Gasteiger partial charge in [0.15, 0.2) is 0 Å². The molecule has 1 fully saturated rings. The van der Waals surface area contributed by atoms with Crippen molar-refractivity contribution < 1.29 is 4.79 Å². The number of fused-ring (bicyclic) bond motifs is 4. The highest BCUT2D eigenvalue weighted by molar-refractivity contribution is 5.78. The van der Waals surface area contributed by atoms with E-state index >= 15 is 0 Å². The molecule has 0 radical (unpaired) electrons. The highest BCUT2D eigenvalue weighted by atomic mass is 16.2. The van der Waals surface area contributed by atoms with Crippen molar-refractivity contribution in [1.82, 2.24) is 14.8 Å². The van der Waals surface area contributed by atoms with Gasteiger partial charge in [0.25, 0.3) is 0 Å². The maximum Gasteiger partial charge on any atom is 0.234 e. The Balaban J connectivity index is 1.51. The zero-order valence-electron chi connectivity index (χ0n) is 15.0. The lowest BCUT2D eigenvalue weighted by Gasteiger charge is -2.46. The zero-order chi connectivity index (χ0) is 17.4. The van der Waals surface area contributed by atoms with Crippen LogP contribution in [0.2, 0.25) is 0 Å². The molecule has 1 aromatic carbocycles. The largest absolute Gasteiger partial charge is 0.372 e. The Kier molecular flexibility index (Phi) is 4.04. The summed E-state index contributed by atoms with van der Waals surface area (Å²) in [5, 5.41) is 6.80. The number of hydrogen-bond acceptors (Lipinski definition) is 3. The van der Waals surface area contributed by atoms with Gasteiger partial charge in [0, 0.05) is 31.0 Å². The van der Waals surface area contributed by atoms with Crippen LogP contribution in [0.1, 0.15) is 32.4 Å². The van der Waals surface area contributed by atoms with Crippen molar-refractivity contribution in [2.45, 2.75) is 38.3 Å². The molecule has 1 amide bonds. The summed E-state index contributed by atoms with van der Waals surface area (Å²) in [5.41, 5.74) is 3.70. The third-order valence-corrected chi connectivity index (χ3v) is 5.30. The van der Waals surface area contributed by atoms with E-state index in [1.54, 1.807) is 0 Å². The summed E-state index contributed by atoms with van der Waals surface area (Å²) in [6, 6.07) is 13.0. The van der Waals surface area contributed by atoms with Gasteiger partial charge in [0.1, 0.15) is 0 Å². The SMILES string of the molecule is CC(C)NC(=O)CN1CCC2(CC1)Nc1ccccc1-n1cccc12. The molecule has 4 rings (SSSR count). The molecule has 0 unspecified atom stereocenters. The van der Waals surface area contributed by atoms with Gasteiger partial charge in [-0.3, -0.25) is 9.69 Å². The molecule has 0 aliphatic carbocycles. The van der Waals surface area contributed by atoms with Gasteiger partial charge in [0.05, 0.1) is 23.5 Å². The average Bonchev–Trinajstić information content (AvgIpc) is 3.07. The number of para-hydroxylation sites is 2. The molecular formula is C20H26N4O. The number of nitrogens with zero attached hydrogens (tertiary/aromatic N) is 2. The Morgan fingerprint density at radius 1 is 1.20 bits per heavy atom. The van der Waals surface area contributed by atoms with Gasteiger partial charge in [0.2, 0.25) is 5.91 Å². The number of nitrogens with one attached hydrogen (secondary N) is 2. The Labute approximate surface area is 149 Å². The average molecular weight is 338 g/mol. The zero-order valence-corrected chi connectivity index (χ0v) is 15.0. The van der Waals surface area contributed by atoms with E-state index in [1.807, 2.05) is 13.8 Å². The first-order valence-electron chi connectivity index (χ1n) is 9.14. The third-order valence-electron chi connectivity index (χ3n) is 5.30. The predicted octanol–water partition coefficient (Wildman–Crippen LogP) is 2.72. The van der Waals surface area contributed by atoms with Crippen LogP contribution in [0.3, 0.4) is 0 Å². The monoisotopic (exact) mass is 338 g/mol. The van der Waals surface area contributed by atoms with Crippen LogP contribution in [-0.4, -0.2) is 41.1 Å². The molecule has 1 aromatic heterocycles. The van der Waals surface area contributed by atoms with Crippen LogP contribution >= 0.6 is 0 Å². The summed E-state index contributed by atoms with van der Waals surface area (Å²) in [6.45, 7) is 6.34. The fraction of sp³-hybridized carbons (Fsp3) is 0.450. The van der Waals surface area contributed by atoms with Crippen LogP contribution in [-0.2, 0) is 10.3 Å². The minimum absolute atomic E-state index is 0.0388. The second-order valence-corrected chi connectivity index (χ2v) is 7.49. The van der Waals surface area contributed by atoms with Gasteiger partial charge in [-0.1, -0.05) is 12.1 Å². The molecule has 0 atom stereocenters. The van der Waals surface area contributed by atoms with E-state index in [4.69, 9.17) is 0 Å². The molecule has 132 valence electrons. The van der Waals surface area contributed by atoms with E-state index in [2.05, 4.69) is 62.7 Å². The third kappa shape index (κ3) is 2.93. The number of carbonyl (C=O) groups is 1. The standard InChI is InChI=1S/C20H26N4O/c1-15(2)21-19(25)14-23-12-9-20(10-13-23)18-8-5-11-24(18)17-7-4-3-6-16(17)22-20/h3-8,11,15,22H,9-10,12-14H2,1-2H3,(H,21,25). The van der Waals surface area contributed by atoms with Crippen molar-refractivity contribution in [3.8, 4) is 5.69 Å². The highest BCUT2D eigenvalue weighted by Gasteiger charge is 2.41. The number of anilines is 1. The maximum absolute atomic E-state index is 12.0. The number of piperidine rings is 1. The van der Waals surface area contributed by atoms with Crippen LogP contribution in [0, 0.1) is 0 Å². The number of amides is 1. The van der Waals surface area contributed by atoms with E-state index in [1.165, 1.54) is 17.1 Å². The van der Waals surface area contributed by atoms with E-state index in [0.29, 0.717) is 6.54 Å². The molecule has 5 heteroatoms. The summed E-state index contributed by atoms with van der Waals surface area (Å²) in [6.07, 6.45) is 4.15. The quantitative estimate of drug-likeness (QED) is 0.905. The lowest BCUT2D eigenvalue weighted by molar-refractivity contribution is -0.123. The topological polar surface area (TPSA) is 49.3 Å². The summed E-state index contributed by atoms with van der Waals surface area (Å²) < 4.78 is 2.31. The van der Waals surface area contributed by atoms with Crippen molar-refractivity contribution in [2.75, 3.05) is 25.0 Å². The Bertz CT molecular complexity index is 772. The van der Waals surface area contributed by atoms with Gasteiger partial charge in [-0.05, 0) is 51.0 Å². The van der Waals surface area contributed by atoms with Crippen molar-refractivity contribution >= 4 is 11.6 Å². The number of carbonyl (C=O) groups excluding carboxylic acids is 1. The lowest BCUT2D eigenvalue weighted by Crippen LogP contribution is -2.51. The minimum atomic E-state index is -0.0388. The van der Waals surface area contributed by atoms with Crippen molar-refractivity contribution in [2.24, 2.45) is 0 Å². The second kappa shape index (κ2) is 6.23. The minimum Gasteiger partial charge on any atom is -0.372 e. The molecule has 25 heavy (non-hydrogen) atoms. The lowest BCUT2D eigenvalue weighted by atomic mass is 9.82. The van der Waals surface area contributed by atoms with Gasteiger partial charge in [-0.2, -0.15) is 0 Å². The summed E-state index contributed by atoms with van der Waals surface area (Å²) >= 11 is 0. The first-order chi connectivity index (χ1) is 12.1. The highest BCUT2D eigenvalue weighted by Crippen LogP contribution is 2.43. The van der Waals surface area contributed by atoms with Crippen molar-refractivity contribution in [3.63, 3.8) is 0 Å². The summed E-state index contributed by atoms with van der Waals surface area (Å²) in [7, 11) is 0. The van der Waals surface area contributed by atoms with Crippen LogP contribution in [0.25, 0.3) is 5.69 Å². The van der Waals surface area contributed by atoms with Gasteiger partial charge in [-0.25, -0.2) is 0 Å². The smallest absolute Gasteiger partial charge is 0.234 e. The normalized spacial score (nSPS) is 18.5. The van der Waals surface area contributed by atoms with Crippen molar-refractivity contribution in [3.05, 3.63) is 48.3 Å². The Morgan fingerprint density at radius 3 is 2.72 bits per heavy atom. The Hall–Kier alpha value is -2.27. The molecule has 2 N–H and O–H groups in total. The summed E-state index contributed by atoms with van der Waals surface area (Å²) in [5.74, 6) is 0.122. The van der Waals surface area contributed by atoms with Crippen LogP contribution < -0.4 is 10.6 Å². The van der Waals surface area contributed by atoms with Crippen molar-refractivity contribution in [1.29, 1.82) is 0 Å². The first-order valence-corrected chi connectivity index (χ1v) is 9.14. The van der Waals surface area contributed by atoms with E-state index in [9.17, 15) is 4.79 Å². The molecule has 2 aliphatic heterocycles. The molecular weight excluding hydrogens is 312 g/mol. The van der Waals surface area contributed by atoms with E-state index in [0.717, 1.165) is 25.9 Å². The fourth-order valence-corrected chi connectivity index (χ4v) is 4.14. The number of rotatable bonds is 3. The molecule has 1 spiro atoms. The summed E-state index contributed by atoms with van der Waals surface area (Å²) in [4.78, 5) is 14.3. The molecule has 2 aliphatic rings. The molecule has 3 heterocycles. The van der Waals surface area contributed by atoms with E-state index in [-0.39, 0.29) is 17.5 Å². The van der Waals surface area contributed by atoms with Crippen LogP contribution in [0.15, 0.2) is 42.6 Å². The van der Waals surface area contributed by atoms with Gasteiger partial charge >= 0.3 is 0 Å². The number of aromatic nitrogens is 1. The molecule has 1 saturated heterocycles. The first kappa shape index (κ1) is 16.2. The van der Waals surface area contributed by atoms with Gasteiger partial charge in [-0.15, -0.1) is 0 Å². The molecule has 5 nitrogen and oxygen atoms in total. The Morgan fingerprint density at radius 2 is 1.96 bits per heavy atom. The molecule has 0 saturated carbocycles. The van der Waals surface area contributed by atoms with Gasteiger partial charge < -0.3 is 15.2 Å². The van der Waals surface area contributed by atoms with Crippen LogP contribution in [0.4, 0.5) is 5.69 Å².